The van der Waals surface area contributed by atoms with Gasteiger partial charge in [0.1, 0.15) is 17.9 Å². The van der Waals surface area contributed by atoms with Crippen LogP contribution >= 0.6 is 0 Å². The van der Waals surface area contributed by atoms with Crippen molar-refractivity contribution < 1.29 is 9.90 Å². The van der Waals surface area contributed by atoms with Crippen LogP contribution in [0.25, 0.3) is 22.3 Å². The van der Waals surface area contributed by atoms with Gasteiger partial charge in [-0.25, -0.2) is 15.0 Å². The number of aliphatic hydroxyl groups is 1. The summed E-state index contributed by atoms with van der Waals surface area (Å²) in [6.45, 7) is 0.481. The summed E-state index contributed by atoms with van der Waals surface area (Å²) in [6.07, 6.45) is 1.63. The number of amides is 1. The molecule has 1 aliphatic rings. The Morgan fingerprint density at radius 3 is 2.86 bits per heavy atom. The lowest BCUT2D eigenvalue weighted by Gasteiger charge is -2.13. The van der Waals surface area contributed by atoms with E-state index < -0.39 is 5.60 Å². The zero-order valence-corrected chi connectivity index (χ0v) is 15.0. The van der Waals surface area contributed by atoms with Crippen molar-refractivity contribution in [2.75, 3.05) is 13.6 Å². The van der Waals surface area contributed by atoms with Gasteiger partial charge in [-0.1, -0.05) is 24.0 Å². The Labute approximate surface area is 161 Å². The molecule has 1 unspecified atom stereocenters. The van der Waals surface area contributed by atoms with Crippen LogP contribution < -0.4 is 0 Å². The molecule has 7 heteroatoms. The number of fused-ring (bicyclic) bond motifs is 1. The Morgan fingerprint density at radius 2 is 2.11 bits per heavy atom. The first kappa shape index (κ1) is 17.6. The number of pyridine rings is 1. The first-order valence-electron chi connectivity index (χ1n) is 8.63. The molecule has 3 heterocycles. The van der Waals surface area contributed by atoms with Crippen LogP contribution in [0.15, 0.2) is 42.7 Å². The Morgan fingerprint density at radius 1 is 1.25 bits per heavy atom. The van der Waals surface area contributed by atoms with Crippen molar-refractivity contribution in [1.82, 2.24) is 19.9 Å². The van der Waals surface area contributed by atoms with Gasteiger partial charge in [0.05, 0.1) is 11.2 Å². The Balaban J connectivity index is 1.71. The van der Waals surface area contributed by atoms with Gasteiger partial charge in [-0.05, 0) is 24.3 Å². The van der Waals surface area contributed by atoms with Crippen LogP contribution in [-0.4, -0.2) is 50.1 Å². The number of carbonyl (C=O) groups excluding carboxylic acids is 1. The second kappa shape index (κ2) is 6.73. The average molecular weight is 369 g/mol. The van der Waals surface area contributed by atoms with E-state index in [1.165, 1.54) is 11.2 Å². The molecule has 1 aliphatic heterocycles. The van der Waals surface area contributed by atoms with E-state index in [-0.39, 0.29) is 18.0 Å². The number of aromatic nitrogens is 3. The quantitative estimate of drug-likeness (QED) is 0.652. The fraction of sp³-hybridized carbons (Fsp3) is 0.190. The third-order valence-electron chi connectivity index (χ3n) is 4.67. The summed E-state index contributed by atoms with van der Waals surface area (Å²) in [5.74, 6) is 5.23. The minimum Gasteiger partial charge on any atom is -0.369 e. The van der Waals surface area contributed by atoms with Crippen LogP contribution in [0.4, 0.5) is 0 Å². The molecule has 0 spiro atoms. The molecule has 7 nitrogen and oxygen atoms in total. The number of benzene rings is 1. The molecule has 1 N–H and O–H groups in total. The predicted octanol–water partition coefficient (Wildman–Crippen LogP) is 1.51. The number of likely N-dealkylation sites (N-methyl/N-ethyl adjacent to an activating group) is 1. The van der Waals surface area contributed by atoms with Crippen molar-refractivity contribution in [1.29, 1.82) is 5.26 Å². The van der Waals surface area contributed by atoms with Gasteiger partial charge < -0.3 is 10.0 Å². The molecule has 2 aromatic heterocycles. The number of hydrogen-bond acceptors (Lipinski definition) is 6. The van der Waals surface area contributed by atoms with Crippen LogP contribution in [0.5, 0.6) is 0 Å². The molecule has 136 valence electrons. The summed E-state index contributed by atoms with van der Waals surface area (Å²) in [6, 6.07) is 12.9. The van der Waals surface area contributed by atoms with Crippen LogP contribution in [0, 0.1) is 23.2 Å². The maximum atomic E-state index is 12.0. The van der Waals surface area contributed by atoms with Gasteiger partial charge in [0.2, 0.25) is 5.60 Å². The maximum Gasteiger partial charge on any atom is 0.267 e. The third kappa shape index (κ3) is 3.05. The molecule has 28 heavy (non-hydrogen) atoms. The van der Waals surface area contributed by atoms with Crippen molar-refractivity contribution in [3.63, 3.8) is 0 Å². The molecule has 3 aromatic rings. The zero-order chi connectivity index (χ0) is 19.7. The van der Waals surface area contributed by atoms with E-state index in [1.54, 1.807) is 19.2 Å². The monoisotopic (exact) mass is 369 g/mol. The summed E-state index contributed by atoms with van der Waals surface area (Å²) in [5, 5.41) is 19.7. The van der Waals surface area contributed by atoms with Crippen LogP contribution in [-0.2, 0) is 4.79 Å². The van der Waals surface area contributed by atoms with Crippen molar-refractivity contribution in [2.24, 2.45) is 0 Å². The Hall–Kier alpha value is -3.81. The zero-order valence-electron chi connectivity index (χ0n) is 15.0. The third-order valence-corrected chi connectivity index (χ3v) is 4.67. The molecule has 0 bridgehead atoms. The largest absolute Gasteiger partial charge is 0.369 e. The van der Waals surface area contributed by atoms with E-state index >= 15 is 0 Å². The van der Waals surface area contributed by atoms with Gasteiger partial charge in [-0.2, -0.15) is 5.26 Å². The second-order valence-corrected chi connectivity index (χ2v) is 6.57. The fourth-order valence-electron chi connectivity index (χ4n) is 3.08. The molecule has 1 fully saturated rings. The molecular weight excluding hydrogens is 354 g/mol. The van der Waals surface area contributed by atoms with E-state index in [0.29, 0.717) is 28.8 Å². The standard InChI is InChI=1S/C21H15N5O2/c1-26-10-9-21(28,20(26)27)8-7-14-3-2-4-15(11-14)16-5-6-17-19(25-16)18(12-22)24-13-23-17/h2-6,11,13,28H,9-10H2,1H3. The highest BCUT2D eigenvalue weighted by Crippen LogP contribution is 2.23. The number of rotatable bonds is 1. The molecule has 0 aliphatic carbocycles. The molecule has 0 saturated carbocycles. The topological polar surface area (TPSA) is 103 Å². The smallest absolute Gasteiger partial charge is 0.267 e. The van der Waals surface area contributed by atoms with Gasteiger partial charge in [0.25, 0.3) is 5.91 Å². The molecular formula is C21H15N5O2. The number of nitrogens with zero attached hydrogens (tertiary/aromatic N) is 5. The van der Waals surface area contributed by atoms with Gasteiger partial charge in [-0.3, -0.25) is 4.79 Å². The Kier molecular flexibility index (Phi) is 4.23. The van der Waals surface area contributed by atoms with Crippen LogP contribution in [0.1, 0.15) is 17.7 Å². The second-order valence-electron chi connectivity index (χ2n) is 6.57. The number of likely N-dealkylation sites (tertiary alicyclic amines) is 1. The van der Waals surface area contributed by atoms with Crippen molar-refractivity contribution >= 4 is 16.9 Å². The van der Waals surface area contributed by atoms with E-state index in [2.05, 4.69) is 26.8 Å². The summed E-state index contributed by atoms with van der Waals surface area (Å²) < 4.78 is 0. The number of nitriles is 1. The van der Waals surface area contributed by atoms with Crippen molar-refractivity contribution in [3.8, 4) is 29.2 Å². The minimum absolute atomic E-state index is 0.217. The Bertz CT molecular complexity index is 1200. The van der Waals surface area contributed by atoms with Gasteiger partial charge in [0.15, 0.2) is 5.69 Å². The highest BCUT2D eigenvalue weighted by Gasteiger charge is 2.42. The van der Waals surface area contributed by atoms with Crippen molar-refractivity contribution in [3.05, 3.63) is 54.0 Å². The van der Waals surface area contributed by atoms with Gasteiger partial charge >= 0.3 is 0 Å². The summed E-state index contributed by atoms with van der Waals surface area (Å²) in [4.78, 5) is 26.1. The number of carbonyl (C=O) groups is 1. The van der Waals surface area contributed by atoms with Gasteiger partial charge in [-0.15, -0.1) is 0 Å². The molecule has 1 amide bonds. The average Bonchev–Trinajstić information content (AvgIpc) is 2.99. The molecule has 0 radical (unpaired) electrons. The lowest BCUT2D eigenvalue weighted by molar-refractivity contribution is -0.137. The SMILES string of the molecule is CN1CCC(O)(C#Cc2cccc(-c3ccc4ncnc(C#N)c4n3)c2)C1=O. The summed E-state index contributed by atoms with van der Waals surface area (Å²) in [5.41, 5.74) is 1.71. The predicted molar refractivity (Wildman–Crippen MR) is 102 cm³/mol. The van der Waals surface area contributed by atoms with Crippen LogP contribution in [0.3, 0.4) is 0 Å². The highest BCUT2D eigenvalue weighted by molar-refractivity contribution is 5.90. The summed E-state index contributed by atoms with van der Waals surface area (Å²) >= 11 is 0. The van der Waals surface area contributed by atoms with E-state index in [1.807, 2.05) is 30.3 Å². The molecule has 1 saturated heterocycles. The van der Waals surface area contributed by atoms with Crippen LogP contribution in [0.2, 0.25) is 0 Å². The van der Waals surface area contributed by atoms with E-state index in [9.17, 15) is 15.2 Å². The maximum absolute atomic E-state index is 12.0. The lowest BCUT2D eigenvalue weighted by Crippen LogP contribution is -2.37. The first-order valence-corrected chi connectivity index (χ1v) is 8.63. The minimum atomic E-state index is -1.63. The first-order chi connectivity index (χ1) is 13.5. The van der Waals surface area contributed by atoms with E-state index in [4.69, 9.17) is 0 Å². The van der Waals surface area contributed by atoms with E-state index in [0.717, 1.165) is 5.56 Å². The number of hydrogen-bond donors (Lipinski definition) is 1. The van der Waals surface area contributed by atoms with Gasteiger partial charge in [0, 0.05) is 31.1 Å². The molecule has 1 aromatic carbocycles. The summed E-state index contributed by atoms with van der Waals surface area (Å²) in [7, 11) is 1.65. The molecule has 1 atom stereocenters. The lowest BCUT2D eigenvalue weighted by atomic mass is 10.0. The highest BCUT2D eigenvalue weighted by atomic mass is 16.3. The molecule has 4 rings (SSSR count). The normalized spacial score (nSPS) is 18.6. The van der Waals surface area contributed by atoms with Crippen molar-refractivity contribution in [2.45, 2.75) is 12.0 Å². The fourth-order valence-corrected chi connectivity index (χ4v) is 3.08.